The van der Waals surface area contributed by atoms with Crippen molar-refractivity contribution in [1.82, 2.24) is 0 Å². The zero-order valence-corrected chi connectivity index (χ0v) is 15.4. The Balaban J connectivity index is 1.55. The van der Waals surface area contributed by atoms with Crippen LogP contribution in [-0.2, 0) is 12.8 Å². The molecular formula is C23H23FS. The molecule has 0 unspecified atom stereocenters. The summed E-state index contributed by atoms with van der Waals surface area (Å²) in [4.78, 5) is 2.30. The summed E-state index contributed by atoms with van der Waals surface area (Å²) in [5.41, 5.74) is 4.14. The molecular weight excluding hydrogens is 327 g/mol. The number of hydrogen-bond acceptors (Lipinski definition) is 1. The maximum atomic E-state index is 14.6. The van der Waals surface area contributed by atoms with E-state index in [1.165, 1.54) is 36.1 Å². The SMILES string of the molecule is CCc1ccc(-c2ccc(-c3ccc(CC4CCC4)cc3)cc2F)s1. The Morgan fingerprint density at radius 1 is 0.960 bits per heavy atom. The molecule has 1 saturated carbocycles. The van der Waals surface area contributed by atoms with Gasteiger partial charge in [0.1, 0.15) is 5.82 Å². The minimum atomic E-state index is -0.138. The average Bonchev–Trinajstić information content (AvgIpc) is 3.07. The second kappa shape index (κ2) is 7.13. The molecule has 0 N–H and O–H groups in total. The van der Waals surface area contributed by atoms with Gasteiger partial charge in [0.25, 0.3) is 0 Å². The molecule has 0 radical (unpaired) electrons. The van der Waals surface area contributed by atoms with E-state index in [9.17, 15) is 4.39 Å². The third-order valence-electron chi connectivity index (χ3n) is 5.28. The van der Waals surface area contributed by atoms with E-state index >= 15 is 0 Å². The number of aryl methyl sites for hydroxylation is 1. The van der Waals surface area contributed by atoms with Crippen LogP contribution in [-0.4, -0.2) is 0 Å². The van der Waals surface area contributed by atoms with Crippen molar-refractivity contribution in [2.75, 3.05) is 0 Å². The van der Waals surface area contributed by atoms with Gasteiger partial charge in [0.05, 0.1) is 0 Å². The van der Waals surface area contributed by atoms with E-state index in [0.29, 0.717) is 5.56 Å². The van der Waals surface area contributed by atoms with Crippen molar-refractivity contribution in [3.63, 3.8) is 0 Å². The summed E-state index contributed by atoms with van der Waals surface area (Å²) >= 11 is 1.68. The van der Waals surface area contributed by atoms with Crippen molar-refractivity contribution >= 4 is 11.3 Å². The Hall–Kier alpha value is -1.93. The molecule has 1 heterocycles. The molecule has 1 aromatic heterocycles. The molecule has 25 heavy (non-hydrogen) atoms. The lowest BCUT2D eigenvalue weighted by Crippen LogP contribution is -2.13. The molecule has 0 atom stereocenters. The smallest absolute Gasteiger partial charge is 0.132 e. The van der Waals surface area contributed by atoms with Gasteiger partial charge in [-0.25, -0.2) is 4.39 Å². The first kappa shape index (κ1) is 16.5. The van der Waals surface area contributed by atoms with E-state index in [0.717, 1.165) is 28.3 Å². The molecule has 2 heteroatoms. The molecule has 3 aromatic rings. The van der Waals surface area contributed by atoms with Gasteiger partial charge in [0.2, 0.25) is 0 Å². The molecule has 0 bridgehead atoms. The Morgan fingerprint density at radius 2 is 1.72 bits per heavy atom. The van der Waals surface area contributed by atoms with Gasteiger partial charge >= 0.3 is 0 Å². The predicted molar refractivity (Wildman–Crippen MR) is 106 cm³/mol. The van der Waals surface area contributed by atoms with E-state index < -0.39 is 0 Å². The van der Waals surface area contributed by atoms with Crippen LogP contribution in [0, 0.1) is 11.7 Å². The van der Waals surface area contributed by atoms with E-state index in [4.69, 9.17) is 0 Å². The van der Waals surface area contributed by atoms with Crippen molar-refractivity contribution in [3.05, 3.63) is 70.9 Å². The number of thiophene rings is 1. The molecule has 2 aromatic carbocycles. The van der Waals surface area contributed by atoms with Gasteiger partial charge < -0.3 is 0 Å². The van der Waals surface area contributed by atoms with Crippen LogP contribution in [0.4, 0.5) is 4.39 Å². The number of rotatable bonds is 5. The molecule has 1 aliphatic carbocycles. The van der Waals surface area contributed by atoms with Gasteiger partial charge in [0, 0.05) is 15.3 Å². The fourth-order valence-electron chi connectivity index (χ4n) is 3.47. The van der Waals surface area contributed by atoms with Crippen molar-refractivity contribution < 1.29 is 4.39 Å². The molecule has 1 aliphatic rings. The summed E-state index contributed by atoms with van der Waals surface area (Å²) in [6, 6.07) is 18.4. The molecule has 0 aliphatic heterocycles. The quantitative estimate of drug-likeness (QED) is 0.459. The largest absolute Gasteiger partial charge is 0.206 e. The minimum absolute atomic E-state index is 0.138. The van der Waals surface area contributed by atoms with Gasteiger partial charge in [-0.1, -0.05) is 56.5 Å². The summed E-state index contributed by atoms with van der Waals surface area (Å²) < 4.78 is 14.6. The third kappa shape index (κ3) is 3.55. The van der Waals surface area contributed by atoms with E-state index in [2.05, 4.69) is 37.3 Å². The highest BCUT2D eigenvalue weighted by Gasteiger charge is 2.17. The Kier molecular flexibility index (Phi) is 4.72. The third-order valence-corrected chi connectivity index (χ3v) is 6.54. The van der Waals surface area contributed by atoms with Crippen LogP contribution in [0.5, 0.6) is 0 Å². The van der Waals surface area contributed by atoms with Crippen molar-refractivity contribution in [2.24, 2.45) is 5.92 Å². The van der Waals surface area contributed by atoms with E-state index in [1.54, 1.807) is 17.4 Å². The van der Waals surface area contributed by atoms with Crippen LogP contribution in [0.2, 0.25) is 0 Å². The lowest BCUT2D eigenvalue weighted by atomic mass is 9.81. The molecule has 0 nitrogen and oxygen atoms in total. The van der Waals surface area contributed by atoms with Crippen molar-refractivity contribution in [1.29, 1.82) is 0 Å². The lowest BCUT2D eigenvalue weighted by molar-refractivity contribution is 0.314. The Morgan fingerprint density at radius 3 is 2.32 bits per heavy atom. The maximum absolute atomic E-state index is 14.6. The lowest BCUT2D eigenvalue weighted by Gasteiger charge is -2.25. The van der Waals surface area contributed by atoms with Gasteiger partial charge in [-0.3, -0.25) is 0 Å². The summed E-state index contributed by atoms with van der Waals surface area (Å²) in [7, 11) is 0. The molecule has 0 saturated heterocycles. The first-order valence-corrected chi connectivity index (χ1v) is 10.0. The van der Waals surface area contributed by atoms with Gasteiger partial charge in [-0.05, 0) is 59.7 Å². The first-order chi connectivity index (χ1) is 12.2. The second-order valence-electron chi connectivity index (χ2n) is 7.01. The minimum Gasteiger partial charge on any atom is -0.206 e. The highest BCUT2D eigenvalue weighted by atomic mass is 32.1. The fraction of sp³-hybridized carbons (Fsp3) is 0.304. The fourth-order valence-corrected chi connectivity index (χ4v) is 4.45. The summed E-state index contributed by atoms with van der Waals surface area (Å²) in [5.74, 6) is 0.738. The van der Waals surface area contributed by atoms with Crippen molar-refractivity contribution in [2.45, 2.75) is 39.0 Å². The van der Waals surface area contributed by atoms with Gasteiger partial charge in [0.15, 0.2) is 0 Å². The zero-order chi connectivity index (χ0) is 17.2. The van der Waals surface area contributed by atoms with E-state index in [-0.39, 0.29) is 5.82 Å². The second-order valence-corrected chi connectivity index (χ2v) is 8.18. The number of benzene rings is 2. The first-order valence-electron chi connectivity index (χ1n) is 9.21. The number of hydrogen-bond donors (Lipinski definition) is 0. The predicted octanol–water partition coefficient (Wildman–Crippen LogP) is 7.13. The number of halogens is 1. The Bertz CT molecular complexity index is 856. The summed E-state index contributed by atoms with van der Waals surface area (Å²) in [6.45, 7) is 2.13. The van der Waals surface area contributed by atoms with Crippen LogP contribution in [0.1, 0.15) is 36.6 Å². The van der Waals surface area contributed by atoms with Crippen LogP contribution >= 0.6 is 11.3 Å². The van der Waals surface area contributed by atoms with Crippen molar-refractivity contribution in [3.8, 4) is 21.6 Å². The standard InChI is InChI=1S/C23H23FS/c1-2-20-11-13-23(25-20)21-12-10-19(15-22(21)24)18-8-6-17(7-9-18)14-16-4-3-5-16/h6-13,15-16H,2-5,14H2,1H3. The van der Waals surface area contributed by atoms with Crippen LogP contribution in [0.25, 0.3) is 21.6 Å². The molecule has 1 fully saturated rings. The molecule has 4 rings (SSSR count). The molecule has 0 spiro atoms. The van der Waals surface area contributed by atoms with Crippen LogP contribution in [0.15, 0.2) is 54.6 Å². The molecule has 128 valence electrons. The van der Waals surface area contributed by atoms with Gasteiger partial charge in [-0.2, -0.15) is 0 Å². The molecule has 0 amide bonds. The van der Waals surface area contributed by atoms with Crippen LogP contribution < -0.4 is 0 Å². The monoisotopic (exact) mass is 350 g/mol. The van der Waals surface area contributed by atoms with Crippen LogP contribution in [0.3, 0.4) is 0 Å². The summed E-state index contributed by atoms with van der Waals surface area (Å²) in [5, 5.41) is 0. The van der Waals surface area contributed by atoms with Gasteiger partial charge in [-0.15, -0.1) is 11.3 Å². The summed E-state index contributed by atoms with van der Waals surface area (Å²) in [6.07, 6.45) is 6.31. The topological polar surface area (TPSA) is 0 Å². The maximum Gasteiger partial charge on any atom is 0.132 e. The average molecular weight is 351 g/mol. The van der Waals surface area contributed by atoms with E-state index in [1.807, 2.05) is 18.2 Å². The highest BCUT2D eigenvalue weighted by molar-refractivity contribution is 7.15. The Labute approximate surface area is 153 Å². The normalized spacial score (nSPS) is 14.5. The zero-order valence-electron chi connectivity index (χ0n) is 14.6. The highest BCUT2D eigenvalue weighted by Crippen LogP contribution is 2.33.